The summed E-state index contributed by atoms with van der Waals surface area (Å²) in [5.74, 6) is -0.192. The molecular weight excluding hydrogens is 310 g/mol. The minimum atomic E-state index is -4.47. The largest absolute Gasteiger partial charge is 0.490 e. The summed E-state index contributed by atoms with van der Waals surface area (Å²) < 4.78 is 42.5. The quantitative estimate of drug-likeness (QED) is 0.782. The Bertz CT molecular complexity index is 327. The number of ether oxygens (including phenoxy) is 1. The van der Waals surface area contributed by atoms with Crippen molar-refractivity contribution in [3.8, 4) is 5.75 Å². The van der Waals surface area contributed by atoms with Gasteiger partial charge in [0.2, 0.25) is 0 Å². The van der Waals surface area contributed by atoms with E-state index in [0.717, 1.165) is 6.20 Å². The Morgan fingerprint density at radius 2 is 2.14 bits per heavy atom. The summed E-state index contributed by atoms with van der Waals surface area (Å²) in [5, 5.41) is 0. The molecule has 78 valence electrons. The Morgan fingerprint density at radius 1 is 1.50 bits per heavy atom. The number of rotatable bonds is 2. The van der Waals surface area contributed by atoms with Crippen LogP contribution >= 0.6 is 22.6 Å². The molecule has 0 aliphatic heterocycles. The van der Waals surface area contributed by atoms with E-state index in [1.54, 1.807) is 29.5 Å². The third-order valence-corrected chi connectivity index (χ3v) is 2.26. The van der Waals surface area contributed by atoms with E-state index in [-0.39, 0.29) is 12.4 Å². The number of pyridine rings is 1. The fraction of sp³-hybridized carbons (Fsp3) is 0.375. The van der Waals surface area contributed by atoms with E-state index >= 15 is 0 Å². The van der Waals surface area contributed by atoms with Crippen molar-refractivity contribution in [2.45, 2.75) is 13.1 Å². The Hall–Kier alpha value is -0.530. The summed E-state index contributed by atoms with van der Waals surface area (Å²) in [4.78, 5) is 3.27. The molecule has 0 saturated heterocycles. The first-order valence-electron chi connectivity index (χ1n) is 3.81. The van der Waals surface area contributed by atoms with Gasteiger partial charge in [-0.05, 0) is 35.6 Å². The van der Waals surface area contributed by atoms with Crippen LogP contribution in [0.3, 0.4) is 0 Å². The number of aromatic nitrogens is 1. The van der Waals surface area contributed by atoms with Gasteiger partial charge in [0, 0.05) is 6.20 Å². The first-order chi connectivity index (χ1) is 6.46. The summed E-state index contributed by atoms with van der Waals surface area (Å²) in [5.41, 5.74) is -0.966. The highest BCUT2D eigenvalue weighted by molar-refractivity contribution is 14.1. The van der Waals surface area contributed by atoms with E-state index in [1.165, 1.54) is 6.07 Å². The fourth-order valence-electron chi connectivity index (χ4n) is 0.908. The fourth-order valence-corrected chi connectivity index (χ4v) is 1.48. The van der Waals surface area contributed by atoms with Crippen molar-refractivity contribution in [1.29, 1.82) is 0 Å². The van der Waals surface area contributed by atoms with Crippen LogP contribution < -0.4 is 4.74 Å². The molecule has 0 atom stereocenters. The monoisotopic (exact) mass is 317 g/mol. The average molecular weight is 317 g/mol. The van der Waals surface area contributed by atoms with E-state index < -0.39 is 11.9 Å². The lowest BCUT2D eigenvalue weighted by Gasteiger charge is -2.12. The molecular formula is C8H7F3INO. The molecule has 1 heterocycles. The molecule has 0 N–H and O–H groups in total. The number of alkyl halides is 3. The zero-order chi connectivity index (χ0) is 10.8. The highest BCUT2D eigenvalue weighted by Gasteiger charge is 2.37. The van der Waals surface area contributed by atoms with Crippen LogP contribution in [0.4, 0.5) is 13.2 Å². The average Bonchev–Trinajstić information content (AvgIpc) is 2.07. The molecule has 0 amide bonds. The minimum absolute atomic E-state index is 0.185. The zero-order valence-corrected chi connectivity index (χ0v) is 9.39. The van der Waals surface area contributed by atoms with Gasteiger partial charge in [0.15, 0.2) is 11.4 Å². The van der Waals surface area contributed by atoms with Crippen LogP contribution in [0, 0.1) is 3.57 Å². The van der Waals surface area contributed by atoms with E-state index in [0.29, 0.717) is 3.57 Å². The predicted octanol–water partition coefficient (Wildman–Crippen LogP) is 3.10. The first kappa shape index (κ1) is 11.5. The molecule has 6 heteroatoms. The van der Waals surface area contributed by atoms with Crippen LogP contribution in [-0.2, 0) is 6.18 Å². The zero-order valence-electron chi connectivity index (χ0n) is 7.23. The molecule has 0 aliphatic carbocycles. The molecule has 1 aromatic rings. The van der Waals surface area contributed by atoms with E-state index in [2.05, 4.69) is 4.98 Å². The molecule has 2 nitrogen and oxygen atoms in total. The molecule has 1 rings (SSSR count). The molecule has 0 aliphatic rings. The van der Waals surface area contributed by atoms with Crippen molar-refractivity contribution in [2.24, 2.45) is 0 Å². The lowest BCUT2D eigenvalue weighted by molar-refractivity contribution is -0.142. The first-order valence-corrected chi connectivity index (χ1v) is 4.89. The topological polar surface area (TPSA) is 22.1 Å². The van der Waals surface area contributed by atoms with Gasteiger partial charge in [0.05, 0.1) is 10.2 Å². The molecule has 0 bridgehead atoms. The maximum absolute atomic E-state index is 12.4. The third-order valence-electron chi connectivity index (χ3n) is 1.41. The van der Waals surface area contributed by atoms with Gasteiger partial charge >= 0.3 is 6.18 Å². The van der Waals surface area contributed by atoms with Crippen molar-refractivity contribution in [1.82, 2.24) is 4.98 Å². The van der Waals surface area contributed by atoms with Gasteiger partial charge in [0.25, 0.3) is 0 Å². The van der Waals surface area contributed by atoms with E-state index in [1.807, 2.05) is 0 Å². The number of hydrogen-bond donors (Lipinski definition) is 0. The predicted molar refractivity (Wildman–Crippen MR) is 53.1 cm³/mol. The second kappa shape index (κ2) is 4.33. The van der Waals surface area contributed by atoms with Crippen LogP contribution in [0.2, 0.25) is 0 Å². The van der Waals surface area contributed by atoms with Crippen molar-refractivity contribution in [2.75, 3.05) is 6.61 Å². The summed E-state index contributed by atoms with van der Waals surface area (Å²) in [6.45, 7) is 1.81. The summed E-state index contributed by atoms with van der Waals surface area (Å²) >= 11 is 1.78. The lowest BCUT2D eigenvalue weighted by Crippen LogP contribution is -2.12. The lowest BCUT2D eigenvalue weighted by atomic mass is 10.3. The summed E-state index contributed by atoms with van der Waals surface area (Å²) in [6, 6.07) is 1.47. The number of hydrogen-bond acceptors (Lipinski definition) is 2. The van der Waals surface area contributed by atoms with E-state index in [4.69, 9.17) is 4.74 Å². The second-order valence-corrected chi connectivity index (χ2v) is 3.56. The van der Waals surface area contributed by atoms with Crippen LogP contribution in [0.15, 0.2) is 12.3 Å². The molecule has 14 heavy (non-hydrogen) atoms. The summed E-state index contributed by atoms with van der Waals surface area (Å²) in [7, 11) is 0. The van der Waals surface area contributed by atoms with Gasteiger partial charge < -0.3 is 4.74 Å². The number of nitrogens with zero attached hydrogens (tertiary/aromatic N) is 1. The molecule has 0 aromatic carbocycles. The Morgan fingerprint density at radius 3 is 2.64 bits per heavy atom. The molecule has 0 unspecified atom stereocenters. The highest BCUT2D eigenvalue weighted by Crippen LogP contribution is 2.36. The smallest absolute Gasteiger partial charge is 0.437 e. The second-order valence-electron chi connectivity index (χ2n) is 2.40. The SMILES string of the molecule is CCOc1c(I)ccnc1C(F)(F)F. The van der Waals surface area contributed by atoms with Crippen LogP contribution in [0.1, 0.15) is 12.6 Å². The molecule has 0 saturated carbocycles. The van der Waals surface area contributed by atoms with Gasteiger partial charge in [-0.3, -0.25) is 0 Å². The maximum Gasteiger partial charge on any atom is 0.437 e. The van der Waals surface area contributed by atoms with Gasteiger partial charge in [-0.2, -0.15) is 13.2 Å². The Labute approximate surface area is 92.6 Å². The highest BCUT2D eigenvalue weighted by atomic mass is 127. The maximum atomic E-state index is 12.4. The van der Waals surface area contributed by atoms with Crippen molar-refractivity contribution in [3.63, 3.8) is 0 Å². The van der Waals surface area contributed by atoms with Crippen molar-refractivity contribution in [3.05, 3.63) is 21.5 Å². The Balaban J connectivity index is 3.21. The third kappa shape index (κ3) is 2.49. The van der Waals surface area contributed by atoms with Crippen LogP contribution in [0.5, 0.6) is 5.75 Å². The molecule has 0 radical (unpaired) electrons. The van der Waals surface area contributed by atoms with Gasteiger partial charge in [0.1, 0.15) is 0 Å². The minimum Gasteiger partial charge on any atom is -0.490 e. The van der Waals surface area contributed by atoms with Crippen molar-refractivity contribution >= 4 is 22.6 Å². The van der Waals surface area contributed by atoms with Gasteiger partial charge in [-0.25, -0.2) is 4.98 Å². The molecule has 0 fully saturated rings. The van der Waals surface area contributed by atoms with Crippen molar-refractivity contribution < 1.29 is 17.9 Å². The van der Waals surface area contributed by atoms with Crippen LogP contribution in [-0.4, -0.2) is 11.6 Å². The van der Waals surface area contributed by atoms with Crippen LogP contribution in [0.25, 0.3) is 0 Å². The standard InChI is InChI=1S/C8H7F3INO/c1-2-14-6-5(12)3-4-13-7(6)8(9,10)11/h3-4H,2H2,1H3. The van der Waals surface area contributed by atoms with E-state index in [9.17, 15) is 13.2 Å². The van der Waals surface area contributed by atoms with Gasteiger partial charge in [-0.15, -0.1) is 0 Å². The Kier molecular flexibility index (Phi) is 3.57. The van der Waals surface area contributed by atoms with Gasteiger partial charge in [-0.1, -0.05) is 0 Å². The number of halogens is 4. The molecule has 0 spiro atoms. The normalized spacial score (nSPS) is 11.5. The molecule has 1 aromatic heterocycles. The summed E-state index contributed by atoms with van der Waals surface area (Å²) in [6.07, 6.45) is -3.35.